The molecule has 1 fully saturated rings. The highest BCUT2D eigenvalue weighted by Gasteiger charge is 2.27. The van der Waals surface area contributed by atoms with Crippen LogP contribution in [0.15, 0.2) is 47.3 Å². The van der Waals surface area contributed by atoms with E-state index in [0.29, 0.717) is 38.0 Å². The molecule has 1 N–H and O–H groups in total. The van der Waals surface area contributed by atoms with Crippen molar-refractivity contribution in [3.63, 3.8) is 0 Å². The molecule has 1 aromatic heterocycles. The largest absolute Gasteiger partial charge is 0.472 e. The Hall–Kier alpha value is -2.56. The number of furan rings is 1. The highest BCUT2D eigenvalue weighted by Crippen LogP contribution is 2.19. The van der Waals surface area contributed by atoms with Gasteiger partial charge in [-0.2, -0.15) is 0 Å². The van der Waals surface area contributed by atoms with Gasteiger partial charge in [0, 0.05) is 25.6 Å². The molecule has 2 aromatic rings. The van der Waals surface area contributed by atoms with E-state index in [-0.39, 0.29) is 17.7 Å². The van der Waals surface area contributed by atoms with Gasteiger partial charge in [0.05, 0.1) is 11.8 Å². The van der Waals surface area contributed by atoms with Crippen molar-refractivity contribution in [2.24, 2.45) is 5.92 Å². The van der Waals surface area contributed by atoms with Crippen LogP contribution in [0.5, 0.6) is 0 Å². The summed E-state index contributed by atoms with van der Waals surface area (Å²) in [5.74, 6) is 0.0251. The number of likely N-dealkylation sites (tertiary alicyclic amines) is 1. The van der Waals surface area contributed by atoms with Crippen molar-refractivity contribution in [2.75, 3.05) is 13.1 Å². The minimum absolute atomic E-state index is 0.0242. The van der Waals surface area contributed by atoms with E-state index in [4.69, 9.17) is 4.42 Å². The maximum Gasteiger partial charge on any atom is 0.257 e. The molecule has 2 heterocycles. The van der Waals surface area contributed by atoms with Gasteiger partial charge in [0.25, 0.3) is 5.91 Å². The zero-order chi connectivity index (χ0) is 16.9. The van der Waals surface area contributed by atoms with E-state index in [1.165, 1.54) is 18.1 Å². The predicted molar refractivity (Wildman–Crippen MR) is 90.4 cm³/mol. The van der Waals surface area contributed by atoms with Crippen LogP contribution >= 0.6 is 0 Å². The minimum atomic E-state index is -0.0257. The van der Waals surface area contributed by atoms with Gasteiger partial charge in [-0.1, -0.05) is 29.8 Å². The lowest BCUT2D eigenvalue weighted by molar-refractivity contribution is -0.126. The molecule has 5 nitrogen and oxygen atoms in total. The lowest BCUT2D eigenvalue weighted by Gasteiger charge is -2.31. The van der Waals surface area contributed by atoms with E-state index in [0.717, 1.165) is 5.56 Å². The van der Waals surface area contributed by atoms with Gasteiger partial charge in [-0.15, -0.1) is 0 Å². The second-order valence-electron chi connectivity index (χ2n) is 6.28. The third-order valence-corrected chi connectivity index (χ3v) is 4.51. The maximum atomic E-state index is 12.3. The van der Waals surface area contributed by atoms with Crippen LogP contribution in [0.1, 0.15) is 34.3 Å². The van der Waals surface area contributed by atoms with Gasteiger partial charge in [0.1, 0.15) is 6.26 Å². The van der Waals surface area contributed by atoms with Crippen molar-refractivity contribution in [3.05, 3.63) is 59.5 Å². The molecule has 0 bridgehead atoms. The highest BCUT2D eigenvalue weighted by atomic mass is 16.3. The standard InChI is InChI=1S/C19H22N2O3/c1-14-2-4-15(5-3-14)12-20-18(22)16-6-9-21(10-7-16)19(23)17-8-11-24-13-17/h2-5,8,11,13,16H,6-7,9-10,12H2,1H3,(H,20,22). The molecular weight excluding hydrogens is 304 g/mol. The third kappa shape index (κ3) is 3.85. The second-order valence-corrected chi connectivity index (χ2v) is 6.28. The maximum absolute atomic E-state index is 12.3. The van der Waals surface area contributed by atoms with E-state index in [9.17, 15) is 9.59 Å². The smallest absolute Gasteiger partial charge is 0.257 e. The average Bonchev–Trinajstić information content (AvgIpc) is 3.15. The summed E-state index contributed by atoms with van der Waals surface area (Å²) in [6.07, 6.45) is 4.36. The minimum Gasteiger partial charge on any atom is -0.472 e. The topological polar surface area (TPSA) is 62.6 Å². The molecule has 1 aliphatic heterocycles. The zero-order valence-electron chi connectivity index (χ0n) is 13.8. The first-order chi connectivity index (χ1) is 11.6. The van der Waals surface area contributed by atoms with Crippen molar-refractivity contribution >= 4 is 11.8 Å². The van der Waals surface area contributed by atoms with E-state index < -0.39 is 0 Å². The normalized spacial score (nSPS) is 15.3. The molecule has 1 saturated heterocycles. The van der Waals surface area contributed by atoms with Crippen molar-refractivity contribution in [1.82, 2.24) is 10.2 Å². The molecule has 3 rings (SSSR count). The molecule has 1 aromatic carbocycles. The monoisotopic (exact) mass is 326 g/mol. The van der Waals surface area contributed by atoms with Crippen LogP contribution < -0.4 is 5.32 Å². The van der Waals surface area contributed by atoms with Crippen LogP contribution in [0.25, 0.3) is 0 Å². The Morgan fingerprint density at radius 3 is 2.50 bits per heavy atom. The summed E-state index contributed by atoms with van der Waals surface area (Å²) in [5.41, 5.74) is 2.87. The van der Waals surface area contributed by atoms with E-state index >= 15 is 0 Å². The molecular formula is C19H22N2O3. The average molecular weight is 326 g/mol. The summed E-state index contributed by atoms with van der Waals surface area (Å²) in [7, 11) is 0. The molecule has 126 valence electrons. The number of amides is 2. The Kier molecular flexibility index (Phi) is 4.99. The van der Waals surface area contributed by atoms with Gasteiger partial charge in [-0.25, -0.2) is 0 Å². The summed E-state index contributed by atoms with van der Waals surface area (Å²) in [5, 5.41) is 3.00. The Balaban J connectivity index is 1.46. The van der Waals surface area contributed by atoms with Crippen molar-refractivity contribution < 1.29 is 14.0 Å². The van der Waals surface area contributed by atoms with Crippen LogP contribution in [0.3, 0.4) is 0 Å². The molecule has 24 heavy (non-hydrogen) atoms. The van der Waals surface area contributed by atoms with Gasteiger partial charge < -0.3 is 14.6 Å². The van der Waals surface area contributed by atoms with Gasteiger partial charge in [-0.05, 0) is 31.4 Å². The molecule has 0 atom stereocenters. The Labute approximate surface area is 141 Å². The number of carbonyl (C=O) groups is 2. The van der Waals surface area contributed by atoms with E-state index in [1.807, 2.05) is 31.2 Å². The molecule has 5 heteroatoms. The zero-order valence-corrected chi connectivity index (χ0v) is 13.8. The summed E-state index contributed by atoms with van der Waals surface area (Å²) < 4.78 is 4.96. The number of nitrogens with zero attached hydrogens (tertiary/aromatic N) is 1. The highest BCUT2D eigenvalue weighted by molar-refractivity contribution is 5.94. The molecule has 0 spiro atoms. The van der Waals surface area contributed by atoms with Crippen molar-refractivity contribution in [3.8, 4) is 0 Å². The second kappa shape index (κ2) is 7.34. The number of carbonyl (C=O) groups excluding carboxylic acids is 2. The number of hydrogen-bond donors (Lipinski definition) is 1. The number of rotatable bonds is 4. The molecule has 2 amide bonds. The number of piperidine rings is 1. The van der Waals surface area contributed by atoms with Crippen molar-refractivity contribution in [2.45, 2.75) is 26.3 Å². The number of benzene rings is 1. The van der Waals surface area contributed by atoms with E-state index in [2.05, 4.69) is 5.32 Å². The van der Waals surface area contributed by atoms with Crippen molar-refractivity contribution in [1.29, 1.82) is 0 Å². The number of nitrogens with one attached hydrogen (secondary N) is 1. The van der Waals surface area contributed by atoms with Gasteiger partial charge >= 0.3 is 0 Å². The molecule has 0 aliphatic carbocycles. The number of hydrogen-bond acceptors (Lipinski definition) is 3. The summed E-state index contributed by atoms with van der Waals surface area (Å²) in [6.45, 7) is 3.80. The quantitative estimate of drug-likeness (QED) is 0.940. The summed E-state index contributed by atoms with van der Waals surface area (Å²) >= 11 is 0. The first kappa shape index (κ1) is 16.3. The summed E-state index contributed by atoms with van der Waals surface area (Å²) in [4.78, 5) is 26.3. The van der Waals surface area contributed by atoms with Crippen LogP contribution in [0.2, 0.25) is 0 Å². The SMILES string of the molecule is Cc1ccc(CNC(=O)C2CCN(C(=O)c3ccoc3)CC2)cc1. The fourth-order valence-corrected chi connectivity index (χ4v) is 2.95. The first-order valence-electron chi connectivity index (χ1n) is 8.28. The Morgan fingerprint density at radius 1 is 1.17 bits per heavy atom. The summed E-state index contributed by atoms with van der Waals surface area (Å²) in [6, 6.07) is 9.81. The van der Waals surface area contributed by atoms with Crippen LogP contribution in [-0.4, -0.2) is 29.8 Å². The first-order valence-corrected chi connectivity index (χ1v) is 8.28. The Bertz CT molecular complexity index is 684. The lowest BCUT2D eigenvalue weighted by atomic mass is 9.95. The molecule has 0 unspecified atom stereocenters. The van der Waals surface area contributed by atoms with Crippen LogP contribution in [-0.2, 0) is 11.3 Å². The molecule has 0 saturated carbocycles. The molecule has 1 aliphatic rings. The van der Waals surface area contributed by atoms with E-state index in [1.54, 1.807) is 11.0 Å². The van der Waals surface area contributed by atoms with Gasteiger partial charge in [0.2, 0.25) is 5.91 Å². The molecule has 0 radical (unpaired) electrons. The fourth-order valence-electron chi connectivity index (χ4n) is 2.95. The van der Waals surface area contributed by atoms with Gasteiger partial charge in [-0.3, -0.25) is 9.59 Å². The number of aryl methyl sites for hydroxylation is 1. The third-order valence-electron chi connectivity index (χ3n) is 4.51. The lowest BCUT2D eigenvalue weighted by Crippen LogP contribution is -2.42. The van der Waals surface area contributed by atoms with Gasteiger partial charge in [0.15, 0.2) is 0 Å². The van der Waals surface area contributed by atoms with Crippen LogP contribution in [0, 0.1) is 12.8 Å². The fraction of sp³-hybridized carbons (Fsp3) is 0.368. The Morgan fingerprint density at radius 2 is 1.88 bits per heavy atom. The predicted octanol–water partition coefficient (Wildman–Crippen LogP) is 2.76. The van der Waals surface area contributed by atoms with Crippen LogP contribution in [0.4, 0.5) is 0 Å².